The molecular formula is C27H47NO3. The molecule has 4 aliphatic rings. The summed E-state index contributed by atoms with van der Waals surface area (Å²) < 4.78 is 0. The van der Waals surface area contributed by atoms with E-state index in [-0.39, 0.29) is 11.5 Å². The Morgan fingerprint density at radius 1 is 1.00 bits per heavy atom. The molecule has 31 heavy (non-hydrogen) atoms. The van der Waals surface area contributed by atoms with Crippen molar-refractivity contribution in [3.8, 4) is 0 Å². The number of rotatable bonds is 6. The molecular weight excluding hydrogens is 386 g/mol. The van der Waals surface area contributed by atoms with Crippen molar-refractivity contribution in [2.24, 2.45) is 46.3 Å². The molecule has 3 N–H and O–H groups in total. The summed E-state index contributed by atoms with van der Waals surface area (Å²) in [5.41, 5.74) is 0.660. The van der Waals surface area contributed by atoms with Crippen molar-refractivity contribution < 1.29 is 15.0 Å². The Morgan fingerprint density at radius 3 is 2.35 bits per heavy atom. The van der Waals surface area contributed by atoms with Gasteiger partial charge in [0.1, 0.15) is 0 Å². The van der Waals surface area contributed by atoms with Crippen molar-refractivity contribution in [2.45, 2.75) is 117 Å². The molecule has 4 heteroatoms. The zero-order valence-corrected chi connectivity index (χ0v) is 20.6. The number of hydrogen-bond acceptors (Lipinski definition) is 3. The number of carboxylic acid groups (broad SMARTS) is 1. The maximum Gasteiger partial charge on any atom is 0.303 e. The van der Waals surface area contributed by atoms with Crippen LogP contribution in [-0.2, 0) is 4.79 Å². The van der Waals surface area contributed by atoms with Crippen molar-refractivity contribution >= 4 is 5.97 Å². The Balaban J connectivity index is 1.51. The van der Waals surface area contributed by atoms with Crippen molar-refractivity contribution in [1.82, 2.24) is 5.32 Å². The lowest BCUT2D eigenvalue weighted by atomic mass is 9.43. The van der Waals surface area contributed by atoms with E-state index in [1.807, 2.05) is 0 Å². The van der Waals surface area contributed by atoms with Crippen molar-refractivity contribution in [3.05, 3.63) is 0 Å². The van der Waals surface area contributed by atoms with Crippen LogP contribution >= 0.6 is 0 Å². The van der Waals surface area contributed by atoms with Crippen LogP contribution in [0, 0.1) is 46.3 Å². The average molecular weight is 434 g/mol. The van der Waals surface area contributed by atoms with Gasteiger partial charge in [-0.1, -0.05) is 34.6 Å². The van der Waals surface area contributed by atoms with Gasteiger partial charge in [-0.2, -0.15) is 0 Å². The molecule has 0 aromatic heterocycles. The van der Waals surface area contributed by atoms with Crippen molar-refractivity contribution in [3.63, 3.8) is 0 Å². The van der Waals surface area contributed by atoms with Crippen LogP contribution in [-0.4, -0.2) is 34.4 Å². The molecule has 4 aliphatic carbocycles. The molecule has 0 aliphatic heterocycles. The Morgan fingerprint density at radius 2 is 1.68 bits per heavy atom. The number of aliphatic hydroxyl groups excluding tert-OH is 1. The molecule has 0 spiro atoms. The first-order valence-electron chi connectivity index (χ1n) is 13.2. The lowest BCUT2D eigenvalue weighted by molar-refractivity contribution is -0.167. The highest BCUT2D eigenvalue weighted by Crippen LogP contribution is 2.68. The predicted octanol–water partition coefficient (Wildman–Crippen LogP) is 5.48. The Hall–Kier alpha value is -0.610. The van der Waals surface area contributed by atoms with Crippen LogP contribution in [0.3, 0.4) is 0 Å². The van der Waals surface area contributed by atoms with E-state index in [9.17, 15) is 9.90 Å². The molecule has 178 valence electrons. The number of carbonyl (C=O) groups is 1. The number of aliphatic carboxylic acids is 1. The minimum Gasteiger partial charge on any atom is -0.481 e. The SMILES string of the molecule is CC(C)NC1CCC2(C)C(C1)CC(O)C1C2CCC2(C)C(C(C)CCC(=O)O)CCC12. The first-order chi connectivity index (χ1) is 14.6. The molecule has 0 bridgehead atoms. The van der Waals surface area contributed by atoms with Crippen LogP contribution in [0.2, 0.25) is 0 Å². The molecule has 4 saturated carbocycles. The molecule has 0 saturated heterocycles. The second-order valence-electron chi connectivity index (χ2n) is 12.7. The minimum absolute atomic E-state index is 0.154. The number of fused-ring (bicyclic) bond motifs is 5. The number of nitrogens with one attached hydrogen (secondary N) is 1. The highest BCUT2D eigenvalue weighted by molar-refractivity contribution is 5.66. The van der Waals surface area contributed by atoms with Gasteiger partial charge in [0.05, 0.1) is 6.10 Å². The van der Waals surface area contributed by atoms with Gasteiger partial charge in [0.25, 0.3) is 0 Å². The summed E-state index contributed by atoms with van der Waals surface area (Å²) in [7, 11) is 0. The van der Waals surface area contributed by atoms with Gasteiger partial charge < -0.3 is 15.5 Å². The van der Waals surface area contributed by atoms with Crippen molar-refractivity contribution in [1.29, 1.82) is 0 Å². The van der Waals surface area contributed by atoms with E-state index in [1.165, 1.54) is 44.9 Å². The third kappa shape index (κ3) is 4.09. The standard InChI is InChI=1S/C27H47NO3/c1-16(2)28-19-10-12-26(4)18(14-19)15-23(29)25-21-8-7-20(17(3)6-9-24(30)31)27(21,5)13-11-22(25)26/h16-23,25,28-29H,6-15H2,1-5H3,(H,30,31). The summed E-state index contributed by atoms with van der Waals surface area (Å²) >= 11 is 0. The first kappa shape index (κ1) is 23.5. The van der Waals surface area contributed by atoms with E-state index in [0.717, 1.165) is 12.8 Å². The van der Waals surface area contributed by atoms with Crippen LogP contribution in [0.4, 0.5) is 0 Å². The van der Waals surface area contributed by atoms with Gasteiger partial charge >= 0.3 is 5.97 Å². The largest absolute Gasteiger partial charge is 0.481 e. The Labute approximate surface area is 190 Å². The number of hydrogen-bond donors (Lipinski definition) is 3. The summed E-state index contributed by atoms with van der Waals surface area (Å²) in [5, 5.41) is 24.4. The zero-order valence-electron chi connectivity index (χ0n) is 20.6. The summed E-state index contributed by atoms with van der Waals surface area (Å²) in [5.74, 6) is 2.77. The lowest BCUT2D eigenvalue weighted by Gasteiger charge is -2.62. The maximum atomic E-state index is 11.5. The third-order valence-electron chi connectivity index (χ3n) is 10.8. The van der Waals surface area contributed by atoms with Gasteiger partial charge in [-0.3, -0.25) is 4.79 Å². The third-order valence-corrected chi connectivity index (χ3v) is 10.8. The molecule has 10 unspecified atom stereocenters. The van der Waals surface area contributed by atoms with Gasteiger partial charge in [0.15, 0.2) is 0 Å². The molecule has 4 fully saturated rings. The minimum atomic E-state index is -0.667. The first-order valence-corrected chi connectivity index (χ1v) is 13.2. The second kappa shape index (κ2) is 8.63. The fourth-order valence-electron chi connectivity index (χ4n) is 9.37. The van der Waals surface area contributed by atoms with Crippen LogP contribution < -0.4 is 5.32 Å². The van der Waals surface area contributed by atoms with Crippen LogP contribution in [0.15, 0.2) is 0 Å². The van der Waals surface area contributed by atoms with E-state index < -0.39 is 5.97 Å². The molecule has 0 amide bonds. The smallest absolute Gasteiger partial charge is 0.303 e. The molecule has 0 aromatic rings. The fourth-order valence-corrected chi connectivity index (χ4v) is 9.37. The average Bonchev–Trinajstić information content (AvgIpc) is 3.04. The second-order valence-corrected chi connectivity index (χ2v) is 12.7. The van der Waals surface area contributed by atoms with E-state index in [4.69, 9.17) is 5.11 Å². The lowest BCUT2D eigenvalue weighted by Crippen LogP contribution is -2.59. The predicted molar refractivity (Wildman–Crippen MR) is 125 cm³/mol. The van der Waals surface area contributed by atoms with Gasteiger partial charge in [0, 0.05) is 18.5 Å². The Bertz CT molecular complexity index is 665. The van der Waals surface area contributed by atoms with Gasteiger partial charge in [-0.05, 0) is 104 Å². The van der Waals surface area contributed by atoms with E-state index in [0.29, 0.717) is 59.4 Å². The monoisotopic (exact) mass is 433 g/mol. The quantitative estimate of drug-likeness (QED) is 0.518. The van der Waals surface area contributed by atoms with E-state index in [2.05, 4.69) is 39.9 Å². The van der Waals surface area contributed by atoms with E-state index >= 15 is 0 Å². The van der Waals surface area contributed by atoms with Gasteiger partial charge in [0.2, 0.25) is 0 Å². The number of aliphatic hydroxyl groups is 1. The van der Waals surface area contributed by atoms with Crippen LogP contribution in [0.5, 0.6) is 0 Å². The maximum absolute atomic E-state index is 11.5. The van der Waals surface area contributed by atoms with Crippen LogP contribution in [0.1, 0.15) is 98.8 Å². The number of carboxylic acids is 1. The van der Waals surface area contributed by atoms with E-state index in [1.54, 1.807) is 0 Å². The normalized spacial score (nSPS) is 48.0. The fraction of sp³-hybridized carbons (Fsp3) is 0.963. The summed E-state index contributed by atoms with van der Waals surface area (Å²) in [6, 6.07) is 1.14. The van der Waals surface area contributed by atoms with Gasteiger partial charge in [-0.25, -0.2) is 0 Å². The molecule has 0 aromatic carbocycles. The summed E-state index contributed by atoms with van der Waals surface area (Å²) in [6.45, 7) is 11.8. The topological polar surface area (TPSA) is 69.6 Å². The summed E-state index contributed by atoms with van der Waals surface area (Å²) in [4.78, 5) is 11.1. The molecule has 0 heterocycles. The Kier molecular flexibility index (Phi) is 6.55. The van der Waals surface area contributed by atoms with Gasteiger partial charge in [-0.15, -0.1) is 0 Å². The summed E-state index contributed by atoms with van der Waals surface area (Å²) in [6.07, 6.45) is 10.7. The zero-order chi connectivity index (χ0) is 22.6. The molecule has 4 rings (SSSR count). The van der Waals surface area contributed by atoms with Crippen LogP contribution in [0.25, 0.3) is 0 Å². The highest BCUT2D eigenvalue weighted by Gasteiger charge is 2.62. The van der Waals surface area contributed by atoms with Crippen molar-refractivity contribution in [2.75, 3.05) is 0 Å². The molecule has 0 radical (unpaired) electrons. The molecule has 4 nitrogen and oxygen atoms in total. The molecule has 10 atom stereocenters. The highest BCUT2D eigenvalue weighted by atomic mass is 16.4.